The zero-order chi connectivity index (χ0) is 17.7. The van der Waals surface area contributed by atoms with Gasteiger partial charge in [0.2, 0.25) is 0 Å². The molecule has 5 rings (SSSR count). The van der Waals surface area contributed by atoms with Crippen molar-refractivity contribution in [2.24, 2.45) is 42.3 Å². The van der Waals surface area contributed by atoms with Crippen molar-refractivity contribution < 1.29 is 0 Å². The molecule has 0 radical (unpaired) electrons. The lowest BCUT2D eigenvalue weighted by Crippen LogP contribution is -2.19. The molecule has 0 saturated carbocycles. The lowest BCUT2D eigenvalue weighted by molar-refractivity contribution is 0.896. The molecule has 0 aromatic heterocycles. The molecule has 4 N–H and O–H groups in total. The number of nitrogens with two attached hydrogens (primary N) is 2. The average Bonchev–Trinajstić information content (AvgIpc) is 3.27. The fourth-order valence-corrected chi connectivity index (χ4v) is 3.51. The highest BCUT2D eigenvalue weighted by atomic mass is 15.4. The van der Waals surface area contributed by atoms with Crippen molar-refractivity contribution in [3.8, 4) is 0 Å². The maximum Gasteiger partial charge on any atom is 0.158 e. The summed E-state index contributed by atoms with van der Waals surface area (Å²) in [7, 11) is 0. The number of hydrogen-bond acceptors (Lipinski definition) is 8. The van der Waals surface area contributed by atoms with Crippen molar-refractivity contribution in [1.82, 2.24) is 0 Å². The normalized spacial score (nSPS) is 21.5. The first-order chi connectivity index (χ1) is 12.7. The van der Waals surface area contributed by atoms with Gasteiger partial charge in [-0.05, 0) is 49.7 Å². The van der Waals surface area contributed by atoms with E-state index in [2.05, 4.69) is 55.1 Å². The Morgan fingerprint density at radius 3 is 2.12 bits per heavy atom. The molecule has 0 spiro atoms. The standard InChI is InChI=1S/C18H14N8/c19-17-15(21-25-23-17)11-6-5-10-7-9-3-1-2-4-12(9)14(13(10)8-11)16-18(20)24-26-22-16/h1-8,15-16H,(H2,19,21,23)(H2,20,22,24). The van der Waals surface area contributed by atoms with Crippen molar-refractivity contribution in [3.05, 3.63) is 59.7 Å². The van der Waals surface area contributed by atoms with Gasteiger partial charge in [0, 0.05) is 5.56 Å². The van der Waals surface area contributed by atoms with E-state index in [9.17, 15) is 0 Å². The van der Waals surface area contributed by atoms with Crippen LogP contribution in [-0.2, 0) is 0 Å². The highest BCUT2D eigenvalue weighted by Gasteiger charge is 2.26. The number of amidine groups is 2. The molecule has 0 aliphatic carbocycles. The summed E-state index contributed by atoms with van der Waals surface area (Å²) >= 11 is 0. The van der Waals surface area contributed by atoms with Crippen molar-refractivity contribution >= 4 is 33.2 Å². The van der Waals surface area contributed by atoms with Gasteiger partial charge in [0.25, 0.3) is 0 Å². The highest BCUT2D eigenvalue weighted by molar-refractivity contribution is 6.07. The maximum absolute atomic E-state index is 6.07. The molecule has 2 aliphatic heterocycles. The average molecular weight is 342 g/mol. The number of rotatable bonds is 2. The fraction of sp³-hybridized carbons (Fsp3) is 0.111. The Labute approximate surface area is 148 Å². The molecule has 0 amide bonds. The summed E-state index contributed by atoms with van der Waals surface area (Å²) in [6.07, 6.45) is 0. The summed E-state index contributed by atoms with van der Waals surface area (Å²) in [5, 5.41) is 27.8. The summed E-state index contributed by atoms with van der Waals surface area (Å²) < 4.78 is 0. The number of hydrogen-bond donors (Lipinski definition) is 2. The Bertz CT molecular complexity index is 1170. The van der Waals surface area contributed by atoms with E-state index >= 15 is 0 Å². The molecule has 2 atom stereocenters. The highest BCUT2D eigenvalue weighted by Crippen LogP contribution is 2.38. The Hall–Kier alpha value is -3.68. The second kappa shape index (κ2) is 5.41. The SMILES string of the molecule is NC1=NN=NC1c1ccc2cc3ccccc3c(C3N=NN=C3N)c2c1. The van der Waals surface area contributed by atoms with Crippen molar-refractivity contribution in [2.45, 2.75) is 12.1 Å². The molecule has 0 saturated heterocycles. The molecule has 2 aliphatic rings. The van der Waals surface area contributed by atoms with Crippen LogP contribution in [0, 0.1) is 0 Å². The first kappa shape index (κ1) is 14.6. The third kappa shape index (κ3) is 2.08. The Kier molecular flexibility index (Phi) is 3.05. The second-order valence-corrected chi connectivity index (χ2v) is 6.26. The van der Waals surface area contributed by atoms with Crippen LogP contribution in [0.4, 0.5) is 0 Å². The summed E-state index contributed by atoms with van der Waals surface area (Å²) in [5.74, 6) is 0.767. The van der Waals surface area contributed by atoms with Gasteiger partial charge in [-0.1, -0.05) is 36.4 Å². The molecule has 126 valence electrons. The van der Waals surface area contributed by atoms with Gasteiger partial charge in [0.05, 0.1) is 0 Å². The Morgan fingerprint density at radius 1 is 0.692 bits per heavy atom. The molecule has 2 heterocycles. The van der Waals surface area contributed by atoms with Gasteiger partial charge in [0.1, 0.15) is 0 Å². The summed E-state index contributed by atoms with van der Waals surface area (Å²) in [4.78, 5) is 0. The van der Waals surface area contributed by atoms with Gasteiger partial charge in [-0.25, -0.2) is 0 Å². The molecular weight excluding hydrogens is 328 g/mol. The van der Waals surface area contributed by atoms with E-state index in [4.69, 9.17) is 11.5 Å². The van der Waals surface area contributed by atoms with Crippen LogP contribution in [0.5, 0.6) is 0 Å². The maximum atomic E-state index is 6.07. The number of fused-ring (bicyclic) bond motifs is 2. The van der Waals surface area contributed by atoms with Gasteiger partial charge in [-0.15, -0.1) is 10.2 Å². The predicted octanol–water partition coefficient (Wildman–Crippen LogP) is 3.55. The first-order valence-electron chi connectivity index (χ1n) is 8.14. The van der Waals surface area contributed by atoms with Crippen LogP contribution in [0.1, 0.15) is 23.2 Å². The third-order valence-corrected chi connectivity index (χ3v) is 4.73. The minimum Gasteiger partial charge on any atom is -0.383 e. The van der Waals surface area contributed by atoms with E-state index in [0.29, 0.717) is 11.7 Å². The van der Waals surface area contributed by atoms with Gasteiger partial charge < -0.3 is 11.5 Å². The predicted molar refractivity (Wildman–Crippen MR) is 99.9 cm³/mol. The van der Waals surface area contributed by atoms with Crippen LogP contribution < -0.4 is 11.5 Å². The summed E-state index contributed by atoms with van der Waals surface area (Å²) in [5.41, 5.74) is 13.9. The van der Waals surface area contributed by atoms with Crippen molar-refractivity contribution in [3.63, 3.8) is 0 Å². The molecule has 3 aromatic rings. The Morgan fingerprint density at radius 2 is 1.38 bits per heavy atom. The van der Waals surface area contributed by atoms with Crippen molar-refractivity contribution in [2.75, 3.05) is 0 Å². The number of benzene rings is 3. The number of nitrogens with zero attached hydrogens (tertiary/aromatic N) is 6. The first-order valence-corrected chi connectivity index (χ1v) is 8.14. The van der Waals surface area contributed by atoms with E-state index < -0.39 is 6.04 Å². The fourth-order valence-electron chi connectivity index (χ4n) is 3.51. The van der Waals surface area contributed by atoms with E-state index in [1.54, 1.807) is 0 Å². The van der Waals surface area contributed by atoms with Crippen LogP contribution in [0.2, 0.25) is 0 Å². The lowest BCUT2D eigenvalue weighted by Gasteiger charge is -2.16. The van der Waals surface area contributed by atoms with Crippen LogP contribution in [-0.4, -0.2) is 11.7 Å². The second-order valence-electron chi connectivity index (χ2n) is 6.26. The van der Waals surface area contributed by atoms with Crippen LogP contribution in [0.3, 0.4) is 0 Å². The Balaban J connectivity index is 1.83. The van der Waals surface area contributed by atoms with Crippen LogP contribution in [0.15, 0.2) is 79.4 Å². The molecule has 0 bridgehead atoms. The molecule has 2 unspecified atom stereocenters. The summed E-state index contributed by atoms with van der Waals surface area (Å²) in [6, 6.07) is 15.6. The minimum absolute atomic E-state index is 0.366. The van der Waals surface area contributed by atoms with Crippen LogP contribution in [0.25, 0.3) is 21.5 Å². The molecule has 8 nitrogen and oxygen atoms in total. The van der Waals surface area contributed by atoms with Gasteiger partial charge in [0.15, 0.2) is 23.8 Å². The van der Waals surface area contributed by atoms with Gasteiger partial charge in [-0.3, -0.25) is 0 Å². The van der Waals surface area contributed by atoms with Gasteiger partial charge >= 0.3 is 0 Å². The van der Waals surface area contributed by atoms with E-state index in [1.807, 2.05) is 24.3 Å². The molecule has 3 aromatic carbocycles. The third-order valence-electron chi connectivity index (χ3n) is 4.73. The molecule has 26 heavy (non-hydrogen) atoms. The van der Waals surface area contributed by atoms with Crippen molar-refractivity contribution in [1.29, 1.82) is 0 Å². The minimum atomic E-state index is -0.407. The van der Waals surface area contributed by atoms with E-state index in [-0.39, 0.29) is 6.04 Å². The molecular formula is C18H14N8. The quantitative estimate of drug-likeness (QED) is 0.691. The zero-order valence-electron chi connectivity index (χ0n) is 13.6. The largest absolute Gasteiger partial charge is 0.383 e. The zero-order valence-corrected chi connectivity index (χ0v) is 13.6. The van der Waals surface area contributed by atoms with Crippen LogP contribution >= 0.6 is 0 Å². The smallest absolute Gasteiger partial charge is 0.158 e. The topological polar surface area (TPSA) is 126 Å². The lowest BCUT2D eigenvalue weighted by atomic mass is 9.90. The molecule has 0 fully saturated rings. The van der Waals surface area contributed by atoms with E-state index in [0.717, 1.165) is 32.7 Å². The monoisotopic (exact) mass is 342 g/mol. The van der Waals surface area contributed by atoms with Gasteiger partial charge in [-0.2, -0.15) is 10.2 Å². The summed E-state index contributed by atoms with van der Waals surface area (Å²) in [6.45, 7) is 0. The molecule has 8 heteroatoms. The van der Waals surface area contributed by atoms with E-state index in [1.165, 1.54) is 0 Å².